The normalized spacial score (nSPS) is 15.8. The highest BCUT2D eigenvalue weighted by molar-refractivity contribution is 6.01. The molecule has 1 unspecified atom stereocenters. The van der Waals surface area contributed by atoms with E-state index in [0.717, 1.165) is 34.9 Å². The summed E-state index contributed by atoms with van der Waals surface area (Å²) in [6, 6.07) is 16.5. The number of nitrogens with zero attached hydrogens (tertiary/aromatic N) is 3. The minimum absolute atomic E-state index is 0.0338. The Labute approximate surface area is 206 Å². The van der Waals surface area contributed by atoms with Crippen LogP contribution >= 0.6 is 0 Å². The summed E-state index contributed by atoms with van der Waals surface area (Å²) in [5, 5.41) is 7.04. The van der Waals surface area contributed by atoms with Gasteiger partial charge in [0, 0.05) is 17.3 Å². The second-order valence-corrected chi connectivity index (χ2v) is 8.41. The van der Waals surface area contributed by atoms with Gasteiger partial charge >= 0.3 is 6.03 Å². The van der Waals surface area contributed by atoms with Crippen molar-refractivity contribution in [3.05, 3.63) is 101 Å². The van der Waals surface area contributed by atoms with Crippen LogP contribution in [0.3, 0.4) is 0 Å². The van der Waals surface area contributed by atoms with Crippen LogP contribution < -0.4 is 15.0 Å². The van der Waals surface area contributed by atoms with Crippen molar-refractivity contribution < 1.29 is 22.8 Å². The van der Waals surface area contributed by atoms with Crippen LogP contribution in [-0.4, -0.2) is 23.3 Å². The number of aromatic nitrogens is 2. The number of hydrogen-bond donors (Lipinski definition) is 1. The summed E-state index contributed by atoms with van der Waals surface area (Å²) in [5.74, 6) is -0.406. The number of carbonyl (C=O) groups excluding carboxylic acids is 1. The predicted octanol–water partition coefficient (Wildman–Crippen LogP) is 6.03. The monoisotopic (exact) mass is 488 g/mol. The average molecular weight is 488 g/mol. The number of aryl methyl sites for hydroxylation is 1. The zero-order chi connectivity index (χ0) is 25.4. The summed E-state index contributed by atoms with van der Waals surface area (Å²) < 4.78 is 38.9. The lowest BCUT2D eigenvalue weighted by Crippen LogP contribution is -2.46. The van der Waals surface area contributed by atoms with Gasteiger partial charge in [-0.3, -0.25) is 4.90 Å². The molecule has 36 heavy (non-hydrogen) atoms. The number of hydrogen-bond acceptors (Lipinski definition) is 5. The van der Waals surface area contributed by atoms with Crippen molar-refractivity contribution >= 4 is 17.3 Å². The van der Waals surface area contributed by atoms with E-state index >= 15 is 0 Å². The Hall–Kier alpha value is -4.53. The molecule has 2 heterocycles. The van der Waals surface area contributed by atoms with Crippen LogP contribution in [0.5, 0.6) is 5.75 Å². The maximum atomic E-state index is 14.0. The Morgan fingerprint density at radius 2 is 1.64 bits per heavy atom. The molecule has 1 atom stereocenters. The van der Waals surface area contributed by atoms with Crippen molar-refractivity contribution in [2.75, 3.05) is 12.0 Å². The lowest BCUT2D eigenvalue weighted by Gasteiger charge is -2.35. The van der Waals surface area contributed by atoms with Gasteiger partial charge < -0.3 is 14.6 Å². The molecule has 7 nitrogen and oxygen atoms in total. The Morgan fingerprint density at radius 1 is 0.972 bits per heavy atom. The number of methoxy groups -OCH3 is 1. The Balaban J connectivity index is 1.65. The molecule has 0 bridgehead atoms. The number of carbonyl (C=O) groups is 1. The summed E-state index contributed by atoms with van der Waals surface area (Å²) in [5.41, 5.74) is 3.51. The Morgan fingerprint density at radius 3 is 2.28 bits per heavy atom. The van der Waals surface area contributed by atoms with Gasteiger partial charge in [0.15, 0.2) is 0 Å². The molecule has 5 rings (SSSR count). The smallest absolute Gasteiger partial charge is 0.327 e. The zero-order valence-electron chi connectivity index (χ0n) is 19.8. The summed E-state index contributed by atoms with van der Waals surface area (Å²) >= 11 is 0. The molecule has 182 valence electrons. The molecule has 0 spiro atoms. The SMILES string of the molecule is COc1ccc(C2NC(=O)N(c3cc(F)cc(F)c3)C(C)=C2c2nc(-c3ccc(C)cc3)no2)cc1. The predicted molar refractivity (Wildman–Crippen MR) is 130 cm³/mol. The molecular formula is C27H22F2N4O3. The third-order valence-corrected chi connectivity index (χ3v) is 6.01. The van der Waals surface area contributed by atoms with E-state index in [1.165, 1.54) is 4.90 Å². The van der Waals surface area contributed by atoms with Gasteiger partial charge in [0.25, 0.3) is 5.89 Å². The van der Waals surface area contributed by atoms with Gasteiger partial charge in [-0.1, -0.05) is 47.1 Å². The van der Waals surface area contributed by atoms with Crippen LogP contribution in [0.4, 0.5) is 19.3 Å². The van der Waals surface area contributed by atoms with Crippen LogP contribution in [0.25, 0.3) is 17.0 Å². The van der Waals surface area contributed by atoms with E-state index < -0.39 is 23.7 Å². The fourth-order valence-electron chi connectivity index (χ4n) is 4.20. The first-order valence-corrected chi connectivity index (χ1v) is 11.2. The van der Waals surface area contributed by atoms with Gasteiger partial charge in [-0.25, -0.2) is 13.6 Å². The molecule has 9 heteroatoms. The third kappa shape index (κ3) is 4.31. The van der Waals surface area contributed by atoms with Crippen LogP contribution in [0.2, 0.25) is 0 Å². The summed E-state index contributed by atoms with van der Waals surface area (Å²) in [4.78, 5) is 19.0. The Bertz CT molecular complexity index is 1440. The van der Waals surface area contributed by atoms with Gasteiger partial charge in [-0.05, 0) is 43.7 Å². The number of urea groups is 1. The zero-order valence-corrected chi connectivity index (χ0v) is 19.8. The number of nitrogens with one attached hydrogen (secondary N) is 1. The van der Waals surface area contributed by atoms with E-state index in [4.69, 9.17) is 9.26 Å². The number of amides is 2. The van der Waals surface area contributed by atoms with E-state index in [2.05, 4.69) is 15.5 Å². The second-order valence-electron chi connectivity index (χ2n) is 8.41. The fourth-order valence-corrected chi connectivity index (χ4v) is 4.20. The van der Waals surface area contributed by atoms with Gasteiger partial charge in [-0.2, -0.15) is 4.98 Å². The van der Waals surface area contributed by atoms with Gasteiger partial charge in [0.1, 0.15) is 17.4 Å². The van der Waals surface area contributed by atoms with Crippen LogP contribution in [0.15, 0.2) is 77.0 Å². The molecule has 1 N–H and O–H groups in total. The van der Waals surface area contributed by atoms with Crippen LogP contribution in [0.1, 0.15) is 30.0 Å². The number of rotatable bonds is 5. The van der Waals surface area contributed by atoms with Crippen LogP contribution in [0, 0.1) is 18.6 Å². The summed E-state index contributed by atoms with van der Waals surface area (Å²) in [6.07, 6.45) is 0. The van der Waals surface area contributed by atoms with Crippen molar-refractivity contribution in [1.82, 2.24) is 15.5 Å². The van der Waals surface area contributed by atoms with Gasteiger partial charge in [-0.15, -0.1) is 0 Å². The number of ether oxygens (including phenoxy) is 1. The first kappa shape index (κ1) is 23.2. The molecule has 0 aliphatic carbocycles. The fraction of sp³-hybridized carbons (Fsp3) is 0.148. The Kier molecular flexibility index (Phi) is 5.97. The maximum absolute atomic E-state index is 14.0. The quantitative estimate of drug-likeness (QED) is 0.371. The average Bonchev–Trinajstić information content (AvgIpc) is 3.33. The van der Waals surface area contributed by atoms with Crippen molar-refractivity contribution in [3.8, 4) is 17.1 Å². The van der Waals surface area contributed by atoms with Crippen molar-refractivity contribution in [1.29, 1.82) is 0 Å². The molecule has 1 aliphatic rings. The molecule has 1 aromatic heterocycles. The van der Waals surface area contributed by atoms with Crippen molar-refractivity contribution in [2.45, 2.75) is 19.9 Å². The van der Waals surface area contributed by atoms with Crippen LogP contribution in [-0.2, 0) is 0 Å². The first-order chi connectivity index (χ1) is 17.3. The van der Waals surface area contributed by atoms with Crippen molar-refractivity contribution in [3.63, 3.8) is 0 Å². The molecule has 4 aromatic rings. The topological polar surface area (TPSA) is 80.5 Å². The van der Waals surface area contributed by atoms with E-state index in [-0.39, 0.29) is 11.6 Å². The lowest BCUT2D eigenvalue weighted by atomic mass is 9.94. The lowest BCUT2D eigenvalue weighted by molar-refractivity contribution is 0.244. The largest absolute Gasteiger partial charge is 0.497 e. The van der Waals surface area contributed by atoms with Gasteiger partial charge in [0.05, 0.1) is 24.4 Å². The van der Waals surface area contributed by atoms with E-state index in [1.54, 1.807) is 26.2 Å². The number of allylic oxidation sites excluding steroid dienone is 1. The number of benzene rings is 3. The standard InChI is InChI=1S/C27H22F2N4O3/c1-15-4-6-18(7-5-15)25-31-26(36-32-25)23-16(2)33(21-13-19(28)12-20(29)14-21)27(34)30-24(23)17-8-10-22(35-3)11-9-17/h4-14,24H,1-3H3,(H,30,34). The molecule has 1 aliphatic heterocycles. The second kappa shape index (κ2) is 9.26. The third-order valence-electron chi connectivity index (χ3n) is 6.01. The van der Waals surface area contributed by atoms with E-state index in [9.17, 15) is 13.6 Å². The van der Waals surface area contributed by atoms with E-state index in [0.29, 0.717) is 22.8 Å². The number of anilines is 1. The minimum atomic E-state index is -0.802. The van der Waals surface area contributed by atoms with Gasteiger partial charge in [0.2, 0.25) is 5.82 Å². The number of halogens is 2. The molecule has 2 amide bonds. The molecule has 0 saturated heterocycles. The molecule has 0 radical (unpaired) electrons. The molecular weight excluding hydrogens is 466 g/mol. The minimum Gasteiger partial charge on any atom is -0.497 e. The highest BCUT2D eigenvalue weighted by Crippen LogP contribution is 2.39. The summed E-state index contributed by atoms with van der Waals surface area (Å²) in [7, 11) is 1.56. The molecule has 0 fully saturated rings. The molecule has 0 saturated carbocycles. The first-order valence-electron chi connectivity index (χ1n) is 11.2. The van der Waals surface area contributed by atoms with E-state index in [1.807, 2.05) is 43.3 Å². The summed E-state index contributed by atoms with van der Waals surface area (Å²) in [6.45, 7) is 3.65. The van der Waals surface area contributed by atoms with Crippen molar-refractivity contribution in [2.24, 2.45) is 0 Å². The maximum Gasteiger partial charge on any atom is 0.327 e. The molecule has 3 aromatic carbocycles. The highest BCUT2D eigenvalue weighted by atomic mass is 19.1. The highest BCUT2D eigenvalue weighted by Gasteiger charge is 2.36.